The lowest BCUT2D eigenvalue weighted by Gasteiger charge is -2.32. The number of aromatic nitrogens is 1. The maximum atomic E-state index is 14.2. The Labute approximate surface area is 205 Å². The quantitative estimate of drug-likeness (QED) is 0.340. The molecule has 2 aromatic rings. The third-order valence-electron chi connectivity index (χ3n) is 5.26. The Kier molecular flexibility index (Phi) is 9.19. The van der Waals surface area contributed by atoms with E-state index >= 15 is 0 Å². The van der Waals surface area contributed by atoms with Crippen LogP contribution in [0.5, 0.6) is 0 Å². The van der Waals surface area contributed by atoms with E-state index in [0.29, 0.717) is 18.8 Å². The topological polar surface area (TPSA) is 73.8 Å². The summed E-state index contributed by atoms with van der Waals surface area (Å²) in [6, 6.07) is 2.35. The first-order chi connectivity index (χ1) is 16.3. The number of halogens is 5. The Morgan fingerprint density at radius 3 is 2.37 bits per heavy atom. The van der Waals surface area contributed by atoms with Gasteiger partial charge in [0.15, 0.2) is 0 Å². The summed E-state index contributed by atoms with van der Waals surface area (Å²) in [4.78, 5) is 43.9. The Balaban J connectivity index is 2.58. The molecule has 0 fully saturated rings. The largest absolute Gasteiger partial charge is 0.416 e. The average molecular weight is 517 g/mol. The first-order valence-electron chi connectivity index (χ1n) is 10.6. The Hall–Kier alpha value is -3.21. The molecule has 35 heavy (non-hydrogen) atoms. The van der Waals surface area contributed by atoms with Gasteiger partial charge in [0, 0.05) is 19.8 Å². The van der Waals surface area contributed by atoms with Crippen molar-refractivity contribution in [3.63, 3.8) is 0 Å². The van der Waals surface area contributed by atoms with Crippen molar-refractivity contribution in [1.29, 1.82) is 0 Å². The number of likely N-dealkylation sites (N-methyl/N-ethyl adjacent to an activating group) is 2. The maximum Gasteiger partial charge on any atom is 0.416 e. The molecule has 2 rings (SSSR count). The van der Waals surface area contributed by atoms with Crippen molar-refractivity contribution in [2.45, 2.75) is 38.9 Å². The lowest BCUT2D eigenvalue weighted by Crippen LogP contribution is -2.48. The van der Waals surface area contributed by atoms with Crippen LogP contribution in [0.25, 0.3) is 0 Å². The second kappa shape index (κ2) is 11.5. The van der Waals surface area contributed by atoms with Crippen LogP contribution in [0.15, 0.2) is 24.3 Å². The SMILES string of the molecule is CCCC(C(=O)N(C)c1cc(F)cc(Cl)c1N(C)CC=O)N(C=O)c1cc(C(F)(F)F)cc(C)n1. The number of anilines is 3. The minimum absolute atomic E-state index is 0.00686. The molecule has 0 radical (unpaired) electrons. The molecule has 0 aliphatic rings. The maximum absolute atomic E-state index is 14.2. The van der Waals surface area contributed by atoms with E-state index in [1.807, 2.05) is 0 Å². The van der Waals surface area contributed by atoms with Crippen LogP contribution in [0.1, 0.15) is 31.0 Å². The highest BCUT2D eigenvalue weighted by Crippen LogP contribution is 2.37. The van der Waals surface area contributed by atoms with Gasteiger partial charge in [0.25, 0.3) is 0 Å². The monoisotopic (exact) mass is 516 g/mol. The van der Waals surface area contributed by atoms with E-state index < -0.39 is 29.5 Å². The van der Waals surface area contributed by atoms with Gasteiger partial charge in [-0.15, -0.1) is 0 Å². The van der Waals surface area contributed by atoms with Crippen molar-refractivity contribution in [1.82, 2.24) is 4.98 Å². The lowest BCUT2D eigenvalue weighted by atomic mass is 10.1. The van der Waals surface area contributed by atoms with Crippen LogP contribution in [0, 0.1) is 12.7 Å². The van der Waals surface area contributed by atoms with Crippen LogP contribution in [0.4, 0.5) is 34.8 Å². The highest BCUT2D eigenvalue weighted by Gasteiger charge is 2.35. The lowest BCUT2D eigenvalue weighted by molar-refractivity contribution is -0.137. The fourth-order valence-corrected chi connectivity index (χ4v) is 3.97. The summed E-state index contributed by atoms with van der Waals surface area (Å²) in [6.07, 6.45) is -3.36. The molecule has 190 valence electrons. The summed E-state index contributed by atoms with van der Waals surface area (Å²) in [7, 11) is 2.84. The van der Waals surface area contributed by atoms with Crippen molar-refractivity contribution < 1.29 is 31.9 Å². The number of carbonyl (C=O) groups is 3. The number of hydrogen-bond donors (Lipinski definition) is 0. The van der Waals surface area contributed by atoms with Gasteiger partial charge in [-0.1, -0.05) is 24.9 Å². The normalized spacial score (nSPS) is 12.1. The number of benzene rings is 1. The standard InChI is InChI=1S/C23H25ClF4N4O3/c1-5-6-18(32(13-34)20-10-15(23(26,27)28)9-14(2)29-20)22(35)31(4)19-12-16(25)11-17(24)21(19)30(3)7-8-33/h8-13,18H,5-7H2,1-4H3. The number of nitrogens with zero attached hydrogens (tertiary/aromatic N) is 4. The highest BCUT2D eigenvalue weighted by molar-refractivity contribution is 6.34. The molecule has 1 aromatic heterocycles. The molecule has 7 nitrogen and oxygen atoms in total. The Morgan fingerprint density at radius 1 is 1.17 bits per heavy atom. The van der Waals surface area contributed by atoms with Crippen molar-refractivity contribution in [3.05, 3.63) is 46.4 Å². The average Bonchev–Trinajstić information content (AvgIpc) is 2.76. The highest BCUT2D eigenvalue weighted by atomic mass is 35.5. The van der Waals surface area contributed by atoms with Gasteiger partial charge < -0.3 is 14.6 Å². The first kappa shape index (κ1) is 28.0. The summed E-state index contributed by atoms with van der Waals surface area (Å²) in [5, 5.41) is -0.0570. The molecule has 0 saturated carbocycles. The summed E-state index contributed by atoms with van der Waals surface area (Å²) < 4.78 is 54.3. The second-order valence-corrected chi connectivity index (χ2v) is 8.28. The van der Waals surface area contributed by atoms with Gasteiger partial charge in [-0.2, -0.15) is 13.2 Å². The predicted molar refractivity (Wildman–Crippen MR) is 125 cm³/mol. The van der Waals surface area contributed by atoms with Crippen LogP contribution < -0.4 is 14.7 Å². The van der Waals surface area contributed by atoms with Gasteiger partial charge in [-0.3, -0.25) is 14.5 Å². The molecule has 2 amide bonds. The van der Waals surface area contributed by atoms with Gasteiger partial charge >= 0.3 is 6.18 Å². The molecule has 1 atom stereocenters. The summed E-state index contributed by atoms with van der Waals surface area (Å²) in [5.74, 6) is -1.80. The Bertz CT molecular complexity index is 1100. The molecule has 0 saturated heterocycles. The van der Waals surface area contributed by atoms with E-state index in [9.17, 15) is 31.9 Å². The molecule has 0 aliphatic heterocycles. The first-order valence-corrected chi connectivity index (χ1v) is 10.9. The van der Waals surface area contributed by atoms with E-state index in [-0.39, 0.29) is 47.3 Å². The van der Waals surface area contributed by atoms with E-state index in [2.05, 4.69) is 4.98 Å². The number of pyridine rings is 1. The molecule has 1 heterocycles. The molecule has 1 aromatic carbocycles. The number of amides is 2. The fourth-order valence-electron chi connectivity index (χ4n) is 3.62. The van der Waals surface area contributed by atoms with Crippen LogP contribution in [0.3, 0.4) is 0 Å². The summed E-state index contributed by atoms with van der Waals surface area (Å²) >= 11 is 6.20. The van der Waals surface area contributed by atoms with Crippen LogP contribution in [-0.4, -0.2) is 50.3 Å². The molecule has 0 spiro atoms. The minimum atomic E-state index is -4.69. The van der Waals surface area contributed by atoms with Crippen LogP contribution in [0.2, 0.25) is 5.02 Å². The van der Waals surface area contributed by atoms with Crippen molar-refractivity contribution in [2.24, 2.45) is 0 Å². The zero-order chi connectivity index (χ0) is 26.5. The molecular weight excluding hydrogens is 492 g/mol. The van der Waals surface area contributed by atoms with E-state index in [1.165, 1.54) is 25.9 Å². The van der Waals surface area contributed by atoms with Crippen molar-refractivity contribution >= 4 is 47.4 Å². The van der Waals surface area contributed by atoms with Crippen molar-refractivity contribution in [2.75, 3.05) is 35.3 Å². The number of carbonyl (C=O) groups excluding carboxylic acids is 3. The van der Waals surface area contributed by atoms with Gasteiger partial charge in [0.05, 0.1) is 28.5 Å². The van der Waals surface area contributed by atoms with Gasteiger partial charge in [0.1, 0.15) is 24.0 Å². The third kappa shape index (κ3) is 6.47. The van der Waals surface area contributed by atoms with Gasteiger partial charge in [-0.05, 0) is 37.6 Å². The minimum Gasteiger partial charge on any atom is -0.365 e. The second-order valence-electron chi connectivity index (χ2n) is 7.87. The van der Waals surface area contributed by atoms with E-state index in [0.717, 1.165) is 28.0 Å². The fraction of sp³-hybridized carbons (Fsp3) is 0.391. The number of hydrogen-bond acceptors (Lipinski definition) is 5. The number of aryl methyl sites for hydroxylation is 1. The number of rotatable bonds is 10. The molecule has 12 heteroatoms. The smallest absolute Gasteiger partial charge is 0.365 e. The van der Waals surface area contributed by atoms with Gasteiger partial charge in [0.2, 0.25) is 12.3 Å². The van der Waals surface area contributed by atoms with Crippen molar-refractivity contribution in [3.8, 4) is 0 Å². The summed E-state index contributed by atoms with van der Waals surface area (Å²) in [5.41, 5.74) is -0.800. The molecule has 0 bridgehead atoms. The van der Waals surface area contributed by atoms with Gasteiger partial charge in [-0.25, -0.2) is 9.37 Å². The third-order valence-corrected chi connectivity index (χ3v) is 5.55. The zero-order valence-electron chi connectivity index (χ0n) is 19.6. The van der Waals surface area contributed by atoms with E-state index in [4.69, 9.17) is 11.6 Å². The number of aldehydes is 1. The summed E-state index contributed by atoms with van der Waals surface area (Å²) in [6.45, 7) is 2.97. The van der Waals surface area contributed by atoms with Crippen LogP contribution >= 0.6 is 11.6 Å². The Morgan fingerprint density at radius 2 is 1.83 bits per heavy atom. The molecule has 1 unspecified atom stereocenters. The molecule has 0 N–H and O–H groups in total. The number of alkyl halides is 3. The molecule has 0 aliphatic carbocycles. The van der Waals surface area contributed by atoms with Crippen LogP contribution in [-0.2, 0) is 20.6 Å². The zero-order valence-corrected chi connectivity index (χ0v) is 20.3. The molecular formula is C23H25ClF4N4O3. The van der Waals surface area contributed by atoms with E-state index in [1.54, 1.807) is 6.92 Å². The predicted octanol–water partition coefficient (Wildman–Crippen LogP) is 4.63.